The smallest absolute Gasteiger partial charge is 0.114 e. The van der Waals surface area contributed by atoms with Crippen molar-refractivity contribution < 1.29 is 0 Å². The van der Waals surface area contributed by atoms with Gasteiger partial charge in [-0.3, -0.25) is 0 Å². The third-order valence-corrected chi connectivity index (χ3v) is 4.42. The molecule has 18 heavy (non-hydrogen) atoms. The fraction of sp³-hybridized carbons (Fsp3) is 0.357. The molecule has 1 heterocycles. The van der Waals surface area contributed by atoms with Gasteiger partial charge in [-0.2, -0.15) is 0 Å². The first-order chi connectivity index (χ1) is 8.58. The molecule has 1 atom stereocenters. The molecule has 0 aliphatic carbocycles. The Morgan fingerprint density at radius 1 is 1.33 bits per heavy atom. The molecule has 4 heteroatoms. The Kier molecular flexibility index (Phi) is 4.54. The number of thiazole rings is 1. The standard InChI is InChI=1S/C14H17BrN2S/c1-9(2)17-13(14-16-6-7-18-14)11-5-4-10(3)12(15)8-11/h4-9,13,17H,1-3H3. The number of halogens is 1. The topological polar surface area (TPSA) is 24.9 Å². The molecule has 0 spiro atoms. The summed E-state index contributed by atoms with van der Waals surface area (Å²) in [5, 5.41) is 6.70. The van der Waals surface area contributed by atoms with E-state index in [1.54, 1.807) is 11.3 Å². The van der Waals surface area contributed by atoms with E-state index >= 15 is 0 Å². The second-order valence-corrected chi connectivity index (χ2v) is 6.41. The third kappa shape index (κ3) is 3.19. The highest BCUT2D eigenvalue weighted by molar-refractivity contribution is 9.10. The molecule has 2 aromatic rings. The fourth-order valence-corrected chi connectivity index (χ4v) is 2.93. The molecule has 0 radical (unpaired) electrons. The molecule has 1 aromatic carbocycles. The molecule has 0 aliphatic heterocycles. The van der Waals surface area contributed by atoms with Crippen LogP contribution in [0.3, 0.4) is 0 Å². The van der Waals surface area contributed by atoms with Crippen molar-refractivity contribution in [3.8, 4) is 0 Å². The SMILES string of the molecule is Cc1ccc(C(NC(C)C)c2nccs2)cc1Br. The molecule has 2 rings (SSSR count). The van der Waals surface area contributed by atoms with Gasteiger partial charge in [0, 0.05) is 22.1 Å². The van der Waals surface area contributed by atoms with Gasteiger partial charge >= 0.3 is 0 Å². The molecule has 0 saturated heterocycles. The number of nitrogens with zero attached hydrogens (tertiary/aromatic N) is 1. The zero-order chi connectivity index (χ0) is 13.1. The van der Waals surface area contributed by atoms with Crippen LogP contribution in [0.5, 0.6) is 0 Å². The van der Waals surface area contributed by atoms with Gasteiger partial charge in [0.15, 0.2) is 0 Å². The van der Waals surface area contributed by atoms with Gasteiger partial charge in [-0.05, 0) is 38.0 Å². The van der Waals surface area contributed by atoms with Crippen molar-refractivity contribution in [2.24, 2.45) is 0 Å². The first-order valence-corrected chi connectivity index (χ1v) is 7.66. The summed E-state index contributed by atoms with van der Waals surface area (Å²) in [7, 11) is 0. The highest BCUT2D eigenvalue weighted by Crippen LogP contribution is 2.28. The van der Waals surface area contributed by atoms with Crippen LogP contribution in [0.25, 0.3) is 0 Å². The number of hydrogen-bond donors (Lipinski definition) is 1. The zero-order valence-electron chi connectivity index (χ0n) is 10.8. The molecule has 0 aliphatic rings. The summed E-state index contributed by atoms with van der Waals surface area (Å²) in [6.07, 6.45) is 1.86. The number of hydrogen-bond acceptors (Lipinski definition) is 3. The van der Waals surface area contributed by atoms with Crippen LogP contribution in [0, 0.1) is 6.92 Å². The maximum absolute atomic E-state index is 4.44. The minimum Gasteiger partial charge on any atom is -0.302 e. The summed E-state index contributed by atoms with van der Waals surface area (Å²) >= 11 is 5.29. The quantitative estimate of drug-likeness (QED) is 0.906. The normalized spacial score (nSPS) is 12.9. The Morgan fingerprint density at radius 2 is 2.11 bits per heavy atom. The van der Waals surface area contributed by atoms with Gasteiger partial charge in [-0.1, -0.05) is 28.1 Å². The van der Waals surface area contributed by atoms with E-state index in [0.29, 0.717) is 6.04 Å². The summed E-state index contributed by atoms with van der Waals surface area (Å²) in [5.74, 6) is 0. The van der Waals surface area contributed by atoms with Crippen LogP contribution in [-0.2, 0) is 0 Å². The summed E-state index contributed by atoms with van der Waals surface area (Å²) in [6.45, 7) is 6.41. The van der Waals surface area contributed by atoms with Crippen LogP contribution in [0.2, 0.25) is 0 Å². The molecule has 96 valence electrons. The summed E-state index contributed by atoms with van der Waals surface area (Å²) in [5.41, 5.74) is 2.50. The zero-order valence-corrected chi connectivity index (χ0v) is 13.2. The minimum absolute atomic E-state index is 0.168. The van der Waals surface area contributed by atoms with E-state index in [1.165, 1.54) is 11.1 Å². The number of nitrogens with one attached hydrogen (secondary N) is 1. The number of aromatic nitrogens is 1. The van der Waals surface area contributed by atoms with Crippen molar-refractivity contribution in [2.75, 3.05) is 0 Å². The molecule has 0 saturated carbocycles. The molecule has 0 bridgehead atoms. The van der Waals surface area contributed by atoms with Crippen molar-refractivity contribution in [2.45, 2.75) is 32.9 Å². The molecule has 0 fully saturated rings. The van der Waals surface area contributed by atoms with Crippen molar-refractivity contribution in [3.05, 3.63) is 50.4 Å². The van der Waals surface area contributed by atoms with E-state index in [-0.39, 0.29) is 6.04 Å². The Hall–Kier alpha value is -0.710. The minimum atomic E-state index is 0.168. The van der Waals surface area contributed by atoms with Crippen LogP contribution in [0.4, 0.5) is 0 Å². The van der Waals surface area contributed by atoms with Crippen LogP contribution >= 0.6 is 27.3 Å². The van der Waals surface area contributed by atoms with Gasteiger partial charge in [0.2, 0.25) is 0 Å². The lowest BCUT2D eigenvalue weighted by molar-refractivity contribution is 0.527. The van der Waals surface area contributed by atoms with Crippen molar-refractivity contribution in [3.63, 3.8) is 0 Å². The van der Waals surface area contributed by atoms with E-state index in [0.717, 1.165) is 9.48 Å². The number of benzene rings is 1. The van der Waals surface area contributed by atoms with Crippen LogP contribution < -0.4 is 5.32 Å². The van der Waals surface area contributed by atoms with Crippen LogP contribution in [0.15, 0.2) is 34.2 Å². The lowest BCUT2D eigenvalue weighted by Crippen LogP contribution is -2.28. The Bertz CT molecular complexity index is 509. The highest BCUT2D eigenvalue weighted by Gasteiger charge is 2.17. The Morgan fingerprint density at radius 3 is 2.67 bits per heavy atom. The van der Waals surface area contributed by atoms with Crippen LogP contribution in [-0.4, -0.2) is 11.0 Å². The third-order valence-electron chi connectivity index (χ3n) is 2.73. The van der Waals surface area contributed by atoms with Crippen LogP contribution in [0.1, 0.15) is 36.0 Å². The lowest BCUT2D eigenvalue weighted by Gasteiger charge is -2.20. The van der Waals surface area contributed by atoms with E-state index in [9.17, 15) is 0 Å². The van der Waals surface area contributed by atoms with Crippen molar-refractivity contribution in [1.29, 1.82) is 0 Å². The highest BCUT2D eigenvalue weighted by atomic mass is 79.9. The maximum atomic E-state index is 4.44. The largest absolute Gasteiger partial charge is 0.302 e. The Labute approximate surface area is 121 Å². The predicted octanol–water partition coefficient (Wildman–Crippen LogP) is 4.30. The molecule has 1 unspecified atom stereocenters. The van der Waals surface area contributed by atoms with Gasteiger partial charge in [0.25, 0.3) is 0 Å². The summed E-state index contributed by atoms with van der Waals surface area (Å²) in [4.78, 5) is 4.44. The predicted molar refractivity (Wildman–Crippen MR) is 81.1 cm³/mol. The van der Waals surface area contributed by atoms with Gasteiger partial charge in [0.1, 0.15) is 5.01 Å². The maximum Gasteiger partial charge on any atom is 0.114 e. The first-order valence-electron chi connectivity index (χ1n) is 5.99. The second kappa shape index (κ2) is 5.95. The van der Waals surface area contributed by atoms with E-state index in [4.69, 9.17) is 0 Å². The monoisotopic (exact) mass is 324 g/mol. The number of aryl methyl sites for hydroxylation is 1. The lowest BCUT2D eigenvalue weighted by atomic mass is 10.0. The van der Waals surface area contributed by atoms with E-state index in [2.05, 4.69) is 65.2 Å². The Balaban J connectivity index is 2.36. The van der Waals surface area contributed by atoms with Crippen molar-refractivity contribution >= 4 is 27.3 Å². The average Bonchev–Trinajstić information content (AvgIpc) is 2.83. The van der Waals surface area contributed by atoms with Crippen molar-refractivity contribution in [1.82, 2.24) is 10.3 Å². The fourth-order valence-electron chi connectivity index (χ4n) is 1.81. The molecular formula is C14H17BrN2S. The molecule has 0 amide bonds. The van der Waals surface area contributed by atoms with E-state index < -0.39 is 0 Å². The number of rotatable bonds is 4. The average molecular weight is 325 g/mol. The summed E-state index contributed by atoms with van der Waals surface area (Å²) in [6, 6.07) is 7.07. The molecular weight excluding hydrogens is 308 g/mol. The molecule has 1 N–H and O–H groups in total. The van der Waals surface area contributed by atoms with Gasteiger partial charge in [-0.25, -0.2) is 4.98 Å². The molecule has 2 nitrogen and oxygen atoms in total. The first kappa shape index (κ1) is 13.7. The van der Waals surface area contributed by atoms with Gasteiger partial charge in [0.05, 0.1) is 6.04 Å². The molecule has 1 aromatic heterocycles. The second-order valence-electron chi connectivity index (χ2n) is 4.63. The van der Waals surface area contributed by atoms with E-state index in [1.807, 2.05) is 11.6 Å². The van der Waals surface area contributed by atoms with Gasteiger partial charge < -0.3 is 5.32 Å². The van der Waals surface area contributed by atoms with Gasteiger partial charge in [-0.15, -0.1) is 11.3 Å². The summed E-state index contributed by atoms with van der Waals surface area (Å²) < 4.78 is 1.15.